The first-order valence-electron chi connectivity index (χ1n) is 8.91. The van der Waals surface area contributed by atoms with Crippen molar-refractivity contribution in [3.05, 3.63) is 35.9 Å². The second kappa shape index (κ2) is 11.6. The molecule has 0 unspecified atom stereocenters. The van der Waals surface area contributed by atoms with Gasteiger partial charge in [-0.15, -0.1) is 0 Å². The summed E-state index contributed by atoms with van der Waals surface area (Å²) in [5, 5.41) is 0.888. The van der Waals surface area contributed by atoms with Crippen LogP contribution in [0.15, 0.2) is 35.3 Å². The molecule has 154 valence electrons. The van der Waals surface area contributed by atoms with Crippen LogP contribution < -0.4 is 5.43 Å². The number of hydrazine groups is 1. The van der Waals surface area contributed by atoms with Crippen LogP contribution in [0.5, 0.6) is 0 Å². The second-order valence-corrected chi connectivity index (χ2v) is 6.43. The van der Waals surface area contributed by atoms with Crippen LogP contribution in [0.2, 0.25) is 0 Å². The Bertz CT molecular complexity index is 676. The van der Waals surface area contributed by atoms with Gasteiger partial charge in [0.25, 0.3) is 0 Å². The maximum absolute atomic E-state index is 12.2. The zero-order chi connectivity index (χ0) is 21.1. The van der Waals surface area contributed by atoms with Crippen LogP contribution in [0.1, 0.15) is 40.2 Å². The van der Waals surface area contributed by atoms with Crippen LogP contribution >= 0.6 is 0 Å². The Morgan fingerprint density at radius 2 is 1.64 bits per heavy atom. The molecule has 9 nitrogen and oxygen atoms in total. The molecule has 0 aliphatic rings. The number of rotatable bonds is 6. The molecule has 9 heteroatoms. The first-order chi connectivity index (χ1) is 13.2. The van der Waals surface area contributed by atoms with Gasteiger partial charge in [-0.3, -0.25) is 0 Å². The fourth-order valence-electron chi connectivity index (χ4n) is 1.90. The predicted octanol–water partition coefficient (Wildman–Crippen LogP) is 3.68. The highest BCUT2D eigenvalue weighted by Crippen LogP contribution is 2.04. The van der Waals surface area contributed by atoms with Crippen LogP contribution in [0.25, 0.3) is 0 Å². The van der Waals surface area contributed by atoms with E-state index in [1.807, 2.05) is 30.3 Å². The molecule has 0 radical (unpaired) electrons. The highest BCUT2D eigenvalue weighted by Gasteiger charge is 2.25. The smallest absolute Gasteiger partial charge is 0.433 e. The average molecular weight is 393 g/mol. The molecule has 0 aliphatic carbocycles. The van der Waals surface area contributed by atoms with E-state index in [0.717, 1.165) is 10.6 Å². The van der Waals surface area contributed by atoms with Crippen molar-refractivity contribution < 1.29 is 28.6 Å². The lowest BCUT2D eigenvalue weighted by Gasteiger charge is -2.27. The normalized spacial score (nSPS) is 12.0. The van der Waals surface area contributed by atoms with Crippen molar-refractivity contribution in [2.45, 2.75) is 59.5 Å². The second-order valence-electron chi connectivity index (χ2n) is 6.43. The summed E-state index contributed by atoms with van der Waals surface area (Å²) in [6.07, 6.45) is -2.07. The Kier molecular flexibility index (Phi) is 9.49. The van der Waals surface area contributed by atoms with Gasteiger partial charge in [-0.05, 0) is 40.2 Å². The average Bonchev–Trinajstić information content (AvgIpc) is 2.62. The fourth-order valence-corrected chi connectivity index (χ4v) is 1.90. The third-order valence-electron chi connectivity index (χ3n) is 3.10. The van der Waals surface area contributed by atoms with E-state index in [1.165, 1.54) is 6.21 Å². The van der Waals surface area contributed by atoms with E-state index < -0.39 is 30.4 Å². The monoisotopic (exact) mass is 393 g/mol. The summed E-state index contributed by atoms with van der Waals surface area (Å²) in [6, 6.07) is 8.34. The summed E-state index contributed by atoms with van der Waals surface area (Å²) in [6.45, 7) is 8.30. The van der Waals surface area contributed by atoms with Crippen molar-refractivity contribution >= 4 is 24.5 Å². The quantitative estimate of drug-likeness (QED) is 0.449. The van der Waals surface area contributed by atoms with Crippen molar-refractivity contribution in [2.75, 3.05) is 0 Å². The largest absolute Gasteiger partial charge is 0.446 e. The summed E-state index contributed by atoms with van der Waals surface area (Å²) in [7, 11) is 0. The summed E-state index contributed by atoms with van der Waals surface area (Å²) in [5.74, 6) is 0. The Hall–Kier alpha value is -3.10. The van der Waals surface area contributed by atoms with Crippen LogP contribution in [0.4, 0.5) is 14.4 Å². The third kappa shape index (κ3) is 9.02. The number of hydrogen-bond acceptors (Lipinski definition) is 6. The van der Waals surface area contributed by atoms with Crippen molar-refractivity contribution in [3.63, 3.8) is 0 Å². The molecule has 0 bridgehead atoms. The van der Waals surface area contributed by atoms with E-state index in [0.29, 0.717) is 0 Å². The molecule has 0 heterocycles. The van der Waals surface area contributed by atoms with Gasteiger partial charge < -0.3 is 14.2 Å². The van der Waals surface area contributed by atoms with Crippen LogP contribution in [0, 0.1) is 0 Å². The molecule has 3 amide bonds. The number of ether oxygens (including phenoxy) is 3. The minimum Gasteiger partial charge on any atom is -0.446 e. The lowest BCUT2D eigenvalue weighted by atomic mass is 10.2. The fraction of sp³-hybridized carbons (Fsp3) is 0.474. The molecule has 1 aromatic carbocycles. The highest BCUT2D eigenvalue weighted by molar-refractivity contribution is 5.84. The summed E-state index contributed by atoms with van der Waals surface area (Å²) < 4.78 is 15.1. The van der Waals surface area contributed by atoms with Crippen molar-refractivity contribution in [1.82, 2.24) is 10.4 Å². The molecule has 0 aliphatic heterocycles. The zero-order valence-electron chi connectivity index (χ0n) is 16.7. The number of carbonyl (C=O) groups excluding carboxylic acids is 3. The number of aliphatic imine (C=N–C) groups is 1. The zero-order valence-corrected chi connectivity index (χ0v) is 16.7. The van der Waals surface area contributed by atoms with Crippen molar-refractivity contribution in [1.29, 1.82) is 0 Å². The minimum atomic E-state index is -0.831. The van der Waals surface area contributed by atoms with E-state index in [1.54, 1.807) is 34.6 Å². The summed E-state index contributed by atoms with van der Waals surface area (Å²) in [4.78, 5) is 39.5. The molecule has 28 heavy (non-hydrogen) atoms. The molecule has 1 rings (SSSR count). The van der Waals surface area contributed by atoms with E-state index >= 15 is 0 Å². The van der Waals surface area contributed by atoms with Gasteiger partial charge in [0.15, 0.2) is 0 Å². The first-order valence-corrected chi connectivity index (χ1v) is 8.91. The summed E-state index contributed by atoms with van der Waals surface area (Å²) >= 11 is 0. The van der Waals surface area contributed by atoms with Crippen LogP contribution in [0.3, 0.4) is 0 Å². The van der Waals surface area contributed by atoms with Crippen molar-refractivity contribution in [3.8, 4) is 0 Å². The Labute approximate surface area is 164 Å². The maximum atomic E-state index is 12.2. The van der Waals surface area contributed by atoms with Gasteiger partial charge >= 0.3 is 18.3 Å². The first kappa shape index (κ1) is 22.9. The standard InChI is InChI=1S/C19H27N3O6/c1-13(2)27-18(24)21-22(19(25)28-14(3)4)15(5)11-20-17(23)26-12-16-9-7-6-8-10-16/h6-11,13-15H,12H2,1-5H3,(H,21,24)/b20-11+/t15-/m1/s1. The van der Waals surface area contributed by atoms with Gasteiger partial charge in [-0.1, -0.05) is 30.3 Å². The lowest BCUT2D eigenvalue weighted by Crippen LogP contribution is -2.52. The number of carbonyl (C=O) groups is 3. The molecule has 1 N–H and O–H groups in total. The van der Waals surface area contributed by atoms with Crippen LogP contribution in [-0.4, -0.2) is 47.8 Å². The van der Waals surface area contributed by atoms with Gasteiger partial charge in [-0.2, -0.15) is 4.99 Å². The van der Waals surface area contributed by atoms with Gasteiger partial charge in [0, 0.05) is 6.21 Å². The Morgan fingerprint density at radius 3 is 2.21 bits per heavy atom. The molecule has 1 aromatic rings. The molecular weight excluding hydrogens is 366 g/mol. The molecule has 0 saturated heterocycles. The van der Waals surface area contributed by atoms with Gasteiger partial charge in [0.05, 0.1) is 18.2 Å². The molecule has 0 saturated carbocycles. The highest BCUT2D eigenvalue weighted by atomic mass is 16.6. The van der Waals surface area contributed by atoms with Crippen molar-refractivity contribution in [2.24, 2.45) is 4.99 Å². The third-order valence-corrected chi connectivity index (χ3v) is 3.10. The molecule has 1 atom stereocenters. The lowest BCUT2D eigenvalue weighted by molar-refractivity contribution is 0.0431. The SMILES string of the molecule is CC(C)OC(=O)NN(C(=O)OC(C)C)[C@H](C)/C=N/C(=O)OCc1ccccc1. The number of amides is 3. The minimum absolute atomic E-state index is 0.0729. The molecule has 0 aromatic heterocycles. The van der Waals surface area contributed by atoms with Gasteiger partial charge in [0.2, 0.25) is 0 Å². The van der Waals surface area contributed by atoms with Crippen LogP contribution in [-0.2, 0) is 20.8 Å². The van der Waals surface area contributed by atoms with E-state index in [2.05, 4.69) is 10.4 Å². The predicted molar refractivity (Wildman–Crippen MR) is 103 cm³/mol. The molecule has 0 fully saturated rings. The van der Waals surface area contributed by atoms with Gasteiger partial charge in [0.1, 0.15) is 6.61 Å². The number of benzene rings is 1. The Balaban J connectivity index is 2.70. The summed E-state index contributed by atoms with van der Waals surface area (Å²) in [5.41, 5.74) is 3.11. The maximum Gasteiger partial charge on any atom is 0.433 e. The topological polar surface area (TPSA) is 107 Å². The van der Waals surface area contributed by atoms with E-state index in [4.69, 9.17) is 14.2 Å². The Morgan fingerprint density at radius 1 is 1.04 bits per heavy atom. The number of nitrogens with zero attached hydrogens (tertiary/aromatic N) is 2. The van der Waals surface area contributed by atoms with E-state index in [9.17, 15) is 14.4 Å². The molecule has 0 spiro atoms. The molecular formula is C19H27N3O6. The van der Waals surface area contributed by atoms with Gasteiger partial charge in [-0.25, -0.2) is 24.8 Å². The number of nitrogens with one attached hydrogen (secondary N) is 1. The van der Waals surface area contributed by atoms with E-state index in [-0.39, 0.29) is 12.7 Å². The number of hydrogen-bond donors (Lipinski definition) is 1.